The second kappa shape index (κ2) is 11.6. The minimum atomic E-state index is -1.42. The van der Waals surface area contributed by atoms with Crippen molar-refractivity contribution in [3.05, 3.63) is 100 Å². The minimum absolute atomic E-state index is 0.00772. The number of hydrogen-bond donors (Lipinski definition) is 2. The minimum Gasteiger partial charge on any atom is -0.491 e. The van der Waals surface area contributed by atoms with Crippen LogP contribution in [0.3, 0.4) is 0 Å². The van der Waals surface area contributed by atoms with Crippen molar-refractivity contribution in [3.63, 3.8) is 0 Å². The Bertz CT molecular complexity index is 1960. The number of methoxy groups -OCH3 is 2. The van der Waals surface area contributed by atoms with Crippen molar-refractivity contribution in [2.24, 2.45) is 7.05 Å². The molecular formula is C30H22F2N4O7. The molecule has 218 valence electrons. The summed E-state index contributed by atoms with van der Waals surface area (Å²) in [5, 5.41) is 12.2. The Morgan fingerprint density at radius 3 is 2.35 bits per heavy atom. The van der Waals surface area contributed by atoms with E-state index in [1.807, 2.05) is 0 Å². The Labute approximate surface area is 241 Å². The monoisotopic (exact) mass is 588 g/mol. The predicted molar refractivity (Wildman–Crippen MR) is 151 cm³/mol. The van der Waals surface area contributed by atoms with Crippen molar-refractivity contribution in [1.29, 1.82) is 0 Å². The molecule has 3 aromatic heterocycles. The van der Waals surface area contributed by atoms with Gasteiger partial charge in [0.15, 0.2) is 23.1 Å². The van der Waals surface area contributed by atoms with Gasteiger partial charge in [-0.25, -0.2) is 18.6 Å². The van der Waals surface area contributed by atoms with Crippen molar-refractivity contribution < 1.29 is 37.7 Å². The van der Waals surface area contributed by atoms with Crippen molar-refractivity contribution in [3.8, 4) is 34.3 Å². The number of aromatic nitrogens is 3. The Kier molecular flexibility index (Phi) is 7.71. The molecule has 0 aliphatic heterocycles. The van der Waals surface area contributed by atoms with E-state index in [-0.39, 0.29) is 39.7 Å². The van der Waals surface area contributed by atoms with Crippen LogP contribution in [0, 0.1) is 11.6 Å². The van der Waals surface area contributed by atoms with Crippen LogP contribution in [0.1, 0.15) is 20.8 Å². The van der Waals surface area contributed by atoms with Gasteiger partial charge >= 0.3 is 5.97 Å². The summed E-state index contributed by atoms with van der Waals surface area (Å²) >= 11 is 0. The summed E-state index contributed by atoms with van der Waals surface area (Å²) in [5.41, 5.74) is -1.21. The van der Waals surface area contributed by atoms with Gasteiger partial charge in [0.25, 0.3) is 11.8 Å². The maximum Gasteiger partial charge on any atom is 0.353 e. The molecule has 5 aromatic rings. The number of aryl methyl sites for hydroxylation is 1. The molecule has 0 radical (unpaired) electrons. The van der Waals surface area contributed by atoms with E-state index in [9.17, 15) is 23.9 Å². The SMILES string of the molecule is COc1cc2nccc(Oc3ccc(NC(=O)c4cn(C)c(C(=O)O)c(-c5ccc(F)cc5)c4=O)cc3F)c2nc1OC. The van der Waals surface area contributed by atoms with Gasteiger partial charge in [0.1, 0.15) is 22.6 Å². The first-order valence-corrected chi connectivity index (χ1v) is 12.5. The number of rotatable bonds is 8. The second-order valence-electron chi connectivity index (χ2n) is 9.10. The lowest BCUT2D eigenvalue weighted by Crippen LogP contribution is -2.27. The number of aromatic carboxylic acids is 1. The fourth-order valence-corrected chi connectivity index (χ4v) is 4.40. The highest BCUT2D eigenvalue weighted by Gasteiger charge is 2.24. The number of carboxylic acids is 1. The van der Waals surface area contributed by atoms with Gasteiger partial charge in [-0.3, -0.25) is 14.6 Å². The number of pyridine rings is 3. The molecule has 0 saturated carbocycles. The van der Waals surface area contributed by atoms with Gasteiger partial charge in [0, 0.05) is 43.3 Å². The van der Waals surface area contributed by atoms with E-state index in [0.717, 1.165) is 29.0 Å². The summed E-state index contributed by atoms with van der Waals surface area (Å²) in [4.78, 5) is 47.0. The third-order valence-corrected chi connectivity index (χ3v) is 6.39. The van der Waals surface area contributed by atoms with Crippen LogP contribution in [0.5, 0.6) is 23.1 Å². The molecule has 5 rings (SSSR count). The number of amides is 1. The number of carbonyl (C=O) groups excluding carboxylic acids is 1. The van der Waals surface area contributed by atoms with Crippen LogP contribution >= 0.6 is 0 Å². The molecule has 0 bridgehead atoms. The molecule has 0 saturated heterocycles. The summed E-state index contributed by atoms with van der Waals surface area (Å²) in [6.45, 7) is 0. The molecule has 0 unspecified atom stereocenters. The summed E-state index contributed by atoms with van der Waals surface area (Å²) in [7, 11) is 4.22. The first kappa shape index (κ1) is 28.7. The molecule has 0 spiro atoms. The molecule has 0 aliphatic carbocycles. The smallest absolute Gasteiger partial charge is 0.353 e. The average Bonchev–Trinajstić information content (AvgIpc) is 2.99. The fourth-order valence-electron chi connectivity index (χ4n) is 4.40. The van der Waals surface area contributed by atoms with Gasteiger partial charge in [0.05, 0.1) is 25.3 Å². The van der Waals surface area contributed by atoms with E-state index in [2.05, 4.69) is 15.3 Å². The third-order valence-electron chi connectivity index (χ3n) is 6.39. The van der Waals surface area contributed by atoms with Crippen molar-refractivity contribution in [2.45, 2.75) is 0 Å². The lowest BCUT2D eigenvalue weighted by molar-refractivity contribution is 0.0685. The molecule has 2 N–H and O–H groups in total. The zero-order valence-corrected chi connectivity index (χ0v) is 22.8. The molecule has 0 fully saturated rings. The van der Waals surface area contributed by atoms with Gasteiger partial charge < -0.3 is 29.2 Å². The molecular weight excluding hydrogens is 566 g/mol. The molecule has 0 atom stereocenters. The van der Waals surface area contributed by atoms with Crippen LogP contribution in [0.15, 0.2) is 71.8 Å². The van der Waals surface area contributed by atoms with E-state index in [4.69, 9.17) is 14.2 Å². The van der Waals surface area contributed by atoms with E-state index < -0.39 is 40.2 Å². The second-order valence-corrected chi connectivity index (χ2v) is 9.10. The Balaban J connectivity index is 1.45. The van der Waals surface area contributed by atoms with Crippen molar-refractivity contribution in [1.82, 2.24) is 14.5 Å². The van der Waals surface area contributed by atoms with Crippen LogP contribution in [0.25, 0.3) is 22.2 Å². The Morgan fingerprint density at radius 2 is 1.70 bits per heavy atom. The number of halogens is 2. The van der Waals surface area contributed by atoms with Gasteiger partial charge in [0.2, 0.25) is 5.43 Å². The number of nitrogens with zero attached hydrogens (tertiary/aromatic N) is 3. The maximum atomic E-state index is 15.1. The molecule has 43 heavy (non-hydrogen) atoms. The summed E-state index contributed by atoms with van der Waals surface area (Å²) in [5.74, 6) is -3.25. The molecule has 3 heterocycles. The molecule has 0 aliphatic rings. The van der Waals surface area contributed by atoms with E-state index in [1.54, 1.807) is 6.07 Å². The fraction of sp³-hybridized carbons (Fsp3) is 0.100. The first-order chi connectivity index (χ1) is 20.6. The van der Waals surface area contributed by atoms with Crippen molar-refractivity contribution >= 4 is 28.6 Å². The lowest BCUT2D eigenvalue weighted by atomic mass is 10.00. The van der Waals surface area contributed by atoms with Crippen LogP contribution in [0.4, 0.5) is 14.5 Å². The number of carbonyl (C=O) groups is 2. The third kappa shape index (κ3) is 5.55. The number of nitrogens with one attached hydrogen (secondary N) is 1. The number of anilines is 1. The number of benzene rings is 2. The highest BCUT2D eigenvalue weighted by Crippen LogP contribution is 2.35. The van der Waals surface area contributed by atoms with Crippen LogP contribution in [-0.4, -0.2) is 45.7 Å². The van der Waals surface area contributed by atoms with Crippen LogP contribution in [-0.2, 0) is 7.05 Å². The van der Waals surface area contributed by atoms with Crippen molar-refractivity contribution in [2.75, 3.05) is 19.5 Å². The zero-order chi connectivity index (χ0) is 30.8. The van der Waals surface area contributed by atoms with Gasteiger partial charge in [-0.1, -0.05) is 12.1 Å². The Hall–Kier alpha value is -5.85. The normalized spacial score (nSPS) is 10.8. The zero-order valence-electron chi connectivity index (χ0n) is 22.8. The lowest BCUT2D eigenvalue weighted by Gasteiger charge is -2.14. The topological polar surface area (TPSA) is 142 Å². The maximum absolute atomic E-state index is 15.1. The van der Waals surface area contributed by atoms with E-state index in [1.165, 1.54) is 57.8 Å². The summed E-state index contributed by atoms with van der Waals surface area (Å²) < 4.78 is 46.0. The standard InChI is InChI=1S/C30H22F2N4O7/c1-36-14-18(27(37)24(26(36)30(39)40)15-4-6-16(31)7-5-15)28(38)34-17-8-9-21(19(32)12-17)43-22-10-11-33-20-13-23(41-2)29(42-3)35-25(20)22/h4-14H,1-3H3,(H,34,38)(H,39,40). The van der Waals surface area contributed by atoms with Gasteiger partial charge in [-0.05, 0) is 29.8 Å². The quantitative estimate of drug-likeness (QED) is 0.255. The predicted octanol–water partition coefficient (Wildman–Crippen LogP) is 5.03. The number of hydrogen-bond acceptors (Lipinski definition) is 8. The van der Waals surface area contributed by atoms with E-state index in [0.29, 0.717) is 11.3 Å². The van der Waals surface area contributed by atoms with Crippen LogP contribution in [0.2, 0.25) is 0 Å². The molecule has 2 aromatic carbocycles. The molecule has 13 heteroatoms. The number of fused-ring (bicyclic) bond motifs is 1. The average molecular weight is 589 g/mol. The van der Waals surface area contributed by atoms with Gasteiger partial charge in [-0.2, -0.15) is 0 Å². The summed E-state index contributed by atoms with van der Waals surface area (Å²) in [6, 6.07) is 11.3. The summed E-state index contributed by atoms with van der Waals surface area (Å²) in [6.07, 6.45) is 2.51. The first-order valence-electron chi connectivity index (χ1n) is 12.5. The number of carboxylic acid groups (broad SMARTS) is 1. The van der Waals surface area contributed by atoms with Crippen LogP contribution < -0.4 is 25.0 Å². The van der Waals surface area contributed by atoms with Gasteiger partial charge in [-0.15, -0.1) is 0 Å². The number of ether oxygens (including phenoxy) is 3. The molecule has 11 nitrogen and oxygen atoms in total. The molecule has 1 amide bonds. The highest BCUT2D eigenvalue weighted by molar-refractivity contribution is 6.06. The highest BCUT2D eigenvalue weighted by atomic mass is 19.1. The largest absolute Gasteiger partial charge is 0.491 e. The van der Waals surface area contributed by atoms with E-state index >= 15 is 4.39 Å². The Morgan fingerprint density at radius 1 is 0.953 bits per heavy atom.